The molecule has 0 bridgehead atoms. The summed E-state index contributed by atoms with van der Waals surface area (Å²) in [5, 5.41) is 69.0. The molecule has 0 amide bonds. The van der Waals surface area contributed by atoms with Gasteiger partial charge in [-0.2, -0.15) is 0 Å². The van der Waals surface area contributed by atoms with Gasteiger partial charge >= 0.3 is 0 Å². The van der Waals surface area contributed by atoms with Crippen molar-refractivity contribution in [1.29, 1.82) is 0 Å². The molecular formula is C46H28BN3O12. The zero-order valence-corrected chi connectivity index (χ0v) is 32.3. The minimum absolute atomic E-state index is 0.0105. The fourth-order valence-corrected chi connectivity index (χ4v) is 7.90. The topological polar surface area (TPSA) is 239 Å². The predicted octanol–water partition coefficient (Wildman–Crippen LogP) is 9.65. The number of benzene rings is 6. The maximum Gasteiger partial charge on any atom is 0.236 e. The average Bonchev–Trinajstić information content (AvgIpc) is 3.89. The Morgan fingerprint density at radius 3 is 1.87 bits per heavy atom. The van der Waals surface area contributed by atoms with Gasteiger partial charge in [0, 0.05) is 27.4 Å². The number of furan rings is 2. The second kappa shape index (κ2) is 13.4. The first kappa shape index (κ1) is 36.3. The second-order valence-electron chi connectivity index (χ2n) is 14.5. The van der Waals surface area contributed by atoms with Gasteiger partial charge in [0.2, 0.25) is 34.0 Å². The Balaban J connectivity index is 1.13. The third kappa shape index (κ3) is 5.16. The fraction of sp³-hybridized carbons (Fsp3) is 0.0217. The number of aromatic nitrogens is 3. The normalized spacial score (nSPS) is 12.5. The molecule has 0 aliphatic carbocycles. The third-order valence-corrected chi connectivity index (χ3v) is 10.9. The Kier molecular flexibility index (Phi) is 7.83. The van der Waals surface area contributed by atoms with Gasteiger partial charge in [-0.1, -0.05) is 85.0 Å². The highest BCUT2D eigenvalue weighted by atomic mass is 17.0. The van der Waals surface area contributed by atoms with Gasteiger partial charge in [-0.3, -0.25) is 18.3 Å². The number of hydrogen-bond acceptors (Lipinski definition) is 15. The van der Waals surface area contributed by atoms with Crippen molar-refractivity contribution >= 4 is 85.6 Å². The maximum atomic E-state index is 12.1. The van der Waals surface area contributed by atoms with E-state index >= 15 is 0 Å². The maximum absolute atomic E-state index is 12.1. The Hall–Kier alpha value is -8.79. The van der Waals surface area contributed by atoms with Crippen molar-refractivity contribution in [1.82, 2.24) is 15.0 Å². The van der Waals surface area contributed by atoms with Crippen molar-refractivity contribution < 1.29 is 57.8 Å². The van der Waals surface area contributed by atoms with E-state index in [4.69, 9.17) is 42.1 Å². The molecule has 2 aliphatic rings. The van der Waals surface area contributed by atoms with E-state index in [2.05, 4.69) is 0 Å². The van der Waals surface area contributed by atoms with E-state index in [0.717, 1.165) is 16.3 Å². The number of hydrogen-bond donors (Lipinski definition) is 6. The van der Waals surface area contributed by atoms with Gasteiger partial charge in [-0.05, 0) is 30.7 Å². The number of nitrogens with zero attached hydrogens (tertiary/aromatic N) is 3. The lowest BCUT2D eigenvalue weighted by molar-refractivity contribution is 0.0751. The number of fused-ring (bicyclic) bond motifs is 7. The molecule has 0 unspecified atom stereocenters. The molecule has 16 heteroatoms. The van der Waals surface area contributed by atoms with Crippen LogP contribution in [0.1, 0.15) is 12.5 Å². The molecule has 6 N–H and O–H groups in total. The first-order valence-electron chi connectivity index (χ1n) is 19.1. The lowest BCUT2D eigenvalue weighted by Gasteiger charge is -2.15. The molecule has 0 atom stereocenters. The van der Waals surface area contributed by atoms with E-state index in [1.807, 2.05) is 104 Å². The summed E-state index contributed by atoms with van der Waals surface area (Å²) >= 11 is 0. The van der Waals surface area contributed by atoms with E-state index in [1.54, 1.807) is 13.9 Å². The van der Waals surface area contributed by atoms with Crippen molar-refractivity contribution in [3.05, 3.63) is 103 Å². The molecular weight excluding hydrogens is 797 g/mol. The molecule has 15 nitrogen and oxygen atoms in total. The Morgan fingerprint density at radius 2 is 1.11 bits per heavy atom. The molecule has 9 aromatic rings. The molecule has 0 saturated carbocycles. The Bertz CT molecular complexity index is 3740. The summed E-state index contributed by atoms with van der Waals surface area (Å²) in [5.74, 6) is -4.67. The van der Waals surface area contributed by atoms with Crippen molar-refractivity contribution in [2.75, 3.05) is 0 Å². The van der Waals surface area contributed by atoms with Gasteiger partial charge in [0.15, 0.2) is 45.9 Å². The van der Waals surface area contributed by atoms with Crippen molar-refractivity contribution in [3.8, 4) is 79.8 Å². The van der Waals surface area contributed by atoms with Crippen LogP contribution in [0.3, 0.4) is 0 Å². The van der Waals surface area contributed by atoms with Crippen LogP contribution >= 0.6 is 0 Å². The molecule has 3 aromatic heterocycles. The minimum Gasteiger partial charge on any atom is -0.504 e. The molecule has 0 radical (unpaired) electrons. The summed E-state index contributed by atoms with van der Waals surface area (Å²) in [4.78, 5) is 14.3. The van der Waals surface area contributed by atoms with E-state index in [-0.39, 0.29) is 83.9 Å². The van der Waals surface area contributed by atoms with Crippen LogP contribution < -0.4 is 5.46 Å². The van der Waals surface area contributed by atoms with Gasteiger partial charge in [-0.15, -0.1) is 0 Å². The molecule has 2 aliphatic heterocycles. The van der Waals surface area contributed by atoms with Crippen molar-refractivity contribution in [3.63, 3.8) is 0 Å². The first-order chi connectivity index (χ1) is 30.1. The summed E-state index contributed by atoms with van der Waals surface area (Å²) in [6.45, 7) is 1.94. The van der Waals surface area contributed by atoms with Gasteiger partial charge in [0.25, 0.3) is 0 Å². The van der Waals surface area contributed by atoms with Crippen LogP contribution in [0, 0.1) is 0 Å². The van der Waals surface area contributed by atoms with Gasteiger partial charge in [0.1, 0.15) is 30.2 Å². The Morgan fingerprint density at radius 1 is 0.484 bits per heavy atom. The van der Waals surface area contributed by atoms with E-state index < -0.39 is 34.5 Å². The molecule has 5 heterocycles. The van der Waals surface area contributed by atoms with Crippen molar-refractivity contribution in [2.45, 2.75) is 6.92 Å². The van der Waals surface area contributed by atoms with Crippen LogP contribution in [0.2, 0.25) is 0 Å². The molecule has 0 spiro atoms. The van der Waals surface area contributed by atoms with Gasteiger partial charge < -0.3 is 39.5 Å². The van der Waals surface area contributed by atoms with Crippen LogP contribution in [0.15, 0.2) is 124 Å². The summed E-state index contributed by atoms with van der Waals surface area (Å²) in [5.41, 5.74) is 2.05. The van der Waals surface area contributed by atoms with Crippen LogP contribution in [0.4, 0.5) is 0 Å². The number of phenolic OH excluding ortho intramolecular Hbond substituents is 6. The minimum atomic E-state index is -0.942. The van der Waals surface area contributed by atoms with Crippen LogP contribution in [0.25, 0.3) is 118 Å². The number of aromatic hydroxyl groups is 6. The molecule has 0 fully saturated rings. The fourth-order valence-electron chi connectivity index (χ4n) is 7.90. The lowest BCUT2D eigenvalue weighted by Crippen LogP contribution is -2.08. The standard InChI is InChI=1S/C46H28BN3O12/c1-2-3-4-5-6-9-19-12-14-20(15-13-19)44-48-45(21-16-17-23-22-10-7-8-11-24(22)57-25(23)18-21)50-46(49-44)30-33(52)32(51)26-27-38-28-29-42(61-59-38)36(55)35(54)37(56)43(29)62-60-40(28)31(47)39(27)58-41(26)34(30)53/h2-18,51-56H,47H2,1H3/b3-2-,5-4-,9-6+. The van der Waals surface area contributed by atoms with Crippen LogP contribution in [0.5, 0.6) is 34.5 Å². The third-order valence-electron chi connectivity index (χ3n) is 10.9. The summed E-state index contributed by atoms with van der Waals surface area (Å²) in [6, 6.07) is 20.6. The summed E-state index contributed by atoms with van der Waals surface area (Å²) in [7, 11) is 1.59. The largest absolute Gasteiger partial charge is 0.504 e. The number of para-hydroxylation sites is 1. The van der Waals surface area contributed by atoms with E-state index in [0.29, 0.717) is 22.3 Å². The molecule has 6 aromatic carbocycles. The molecule has 0 saturated heterocycles. The number of phenols is 6. The highest BCUT2D eigenvalue weighted by Crippen LogP contribution is 2.57. The van der Waals surface area contributed by atoms with E-state index in [9.17, 15) is 30.6 Å². The summed E-state index contributed by atoms with van der Waals surface area (Å²) in [6.07, 6.45) is 11.5. The highest BCUT2D eigenvalue weighted by molar-refractivity contribution is 6.47. The van der Waals surface area contributed by atoms with E-state index in [1.165, 1.54) is 0 Å². The first-order valence-corrected chi connectivity index (χ1v) is 19.1. The molecule has 11 rings (SSSR count). The SMILES string of the molecule is Bc1c2ooc3c(O)c(O)c(O)c4ooc(c2-c34)c2c1oc1c(O)c(-c3nc(-c4ccc(/C=C/C=C\C=C/C)cc4)nc(-c4ccc5c(c4)oc4ccccc45)n3)c(O)c(O)c12. The lowest BCUT2D eigenvalue weighted by atomic mass is 9.87. The zero-order valence-electron chi connectivity index (χ0n) is 32.3. The smallest absolute Gasteiger partial charge is 0.236 e. The second-order valence-corrected chi connectivity index (χ2v) is 14.5. The van der Waals surface area contributed by atoms with Gasteiger partial charge in [0.05, 0.1) is 21.9 Å². The van der Waals surface area contributed by atoms with Crippen molar-refractivity contribution in [2.24, 2.45) is 0 Å². The molecule has 302 valence electrons. The van der Waals surface area contributed by atoms with Crippen LogP contribution in [-0.4, -0.2) is 53.4 Å². The average molecular weight is 826 g/mol. The van der Waals surface area contributed by atoms with Gasteiger partial charge in [-0.25, -0.2) is 15.0 Å². The monoisotopic (exact) mass is 825 g/mol. The van der Waals surface area contributed by atoms with Crippen LogP contribution in [-0.2, 0) is 0 Å². The summed E-state index contributed by atoms with van der Waals surface area (Å²) < 4.78 is 34.3. The number of rotatable bonds is 6. The quantitative estimate of drug-likeness (QED) is 0.0228. The number of allylic oxidation sites excluding steroid dienone is 5. The zero-order chi connectivity index (χ0) is 42.6. The highest BCUT2D eigenvalue weighted by Gasteiger charge is 2.36. The Labute approximate surface area is 346 Å². The predicted molar refractivity (Wildman–Crippen MR) is 231 cm³/mol. The molecule has 62 heavy (non-hydrogen) atoms.